The number of nitrogens with one attached hydrogen (secondary N) is 1. The van der Waals surface area contributed by atoms with Crippen molar-refractivity contribution in [3.05, 3.63) is 41.5 Å². The van der Waals surface area contributed by atoms with E-state index in [1.54, 1.807) is 31.2 Å². The number of sulfonamides is 1. The predicted molar refractivity (Wildman–Crippen MR) is 81.6 cm³/mol. The van der Waals surface area contributed by atoms with Crippen LogP contribution in [0.3, 0.4) is 0 Å². The highest BCUT2D eigenvalue weighted by Gasteiger charge is 2.17. The molecule has 8 heteroatoms. The molecule has 0 amide bonds. The lowest BCUT2D eigenvalue weighted by Gasteiger charge is -2.15. The van der Waals surface area contributed by atoms with E-state index in [0.717, 1.165) is 5.56 Å². The summed E-state index contributed by atoms with van der Waals surface area (Å²) in [6, 6.07) is 6.86. The van der Waals surface area contributed by atoms with E-state index in [4.69, 9.17) is 4.52 Å². The lowest BCUT2D eigenvalue weighted by molar-refractivity contribution is 0.384. The fourth-order valence-electron chi connectivity index (χ4n) is 1.91. The summed E-state index contributed by atoms with van der Waals surface area (Å²) in [5, 5.41) is 7.08. The van der Waals surface area contributed by atoms with E-state index in [1.807, 2.05) is 6.92 Å². The molecule has 0 radical (unpaired) electrons. The molecule has 1 N–H and O–H groups in total. The van der Waals surface area contributed by atoms with E-state index in [0.29, 0.717) is 18.3 Å². The molecule has 1 aromatic heterocycles. The summed E-state index contributed by atoms with van der Waals surface area (Å²) < 4.78 is 30.1. The Morgan fingerprint density at radius 1 is 1.27 bits per heavy atom. The Labute approximate surface area is 130 Å². The minimum atomic E-state index is -3.39. The number of aromatic nitrogens is 2. The minimum Gasteiger partial charge on any atom is -0.340 e. The van der Waals surface area contributed by atoms with Gasteiger partial charge in [0.15, 0.2) is 5.82 Å². The first-order chi connectivity index (χ1) is 10.3. The van der Waals surface area contributed by atoms with E-state index in [-0.39, 0.29) is 10.9 Å². The summed E-state index contributed by atoms with van der Waals surface area (Å²) in [6.45, 7) is 4.21. The van der Waals surface area contributed by atoms with Crippen molar-refractivity contribution >= 4 is 10.0 Å². The maximum absolute atomic E-state index is 12.0. The van der Waals surface area contributed by atoms with Crippen LogP contribution in [0.1, 0.15) is 30.2 Å². The molecular formula is C14H20N4O3S. The van der Waals surface area contributed by atoms with Crippen molar-refractivity contribution in [1.82, 2.24) is 19.8 Å². The summed E-state index contributed by atoms with van der Waals surface area (Å²) in [4.78, 5) is 4.40. The molecule has 1 aromatic carbocycles. The monoisotopic (exact) mass is 324 g/mol. The average molecular weight is 324 g/mol. The van der Waals surface area contributed by atoms with Gasteiger partial charge in [0, 0.05) is 27.1 Å². The van der Waals surface area contributed by atoms with Gasteiger partial charge in [0.2, 0.25) is 15.9 Å². The lowest BCUT2D eigenvalue weighted by Crippen LogP contribution is -2.22. The molecule has 0 aliphatic rings. The molecule has 0 bridgehead atoms. The molecule has 2 aromatic rings. The highest BCUT2D eigenvalue weighted by atomic mass is 32.2. The topological polar surface area (TPSA) is 88.3 Å². The lowest BCUT2D eigenvalue weighted by atomic mass is 10.1. The number of nitrogens with zero attached hydrogens (tertiary/aromatic N) is 3. The van der Waals surface area contributed by atoms with Crippen LogP contribution in [0.15, 0.2) is 33.7 Å². The molecule has 1 atom stereocenters. The Morgan fingerprint density at radius 2 is 1.91 bits per heavy atom. The van der Waals surface area contributed by atoms with Gasteiger partial charge in [0.05, 0.1) is 11.4 Å². The molecule has 0 spiro atoms. The second kappa shape index (κ2) is 6.55. The van der Waals surface area contributed by atoms with E-state index in [1.165, 1.54) is 18.4 Å². The van der Waals surface area contributed by atoms with Crippen molar-refractivity contribution in [2.75, 3.05) is 14.1 Å². The second-order valence-corrected chi connectivity index (χ2v) is 7.34. The Balaban J connectivity index is 2.03. The third-order valence-electron chi connectivity index (χ3n) is 3.29. The zero-order valence-electron chi connectivity index (χ0n) is 13.1. The van der Waals surface area contributed by atoms with Gasteiger partial charge >= 0.3 is 0 Å². The van der Waals surface area contributed by atoms with Crippen molar-refractivity contribution < 1.29 is 12.9 Å². The zero-order valence-corrected chi connectivity index (χ0v) is 13.9. The minimum absolute atomic E-state index is 0.0370. The van der Waals surface area contributed by atoms with E-state index >= 15 is 0 Å². The number of rotatable bonds is 6. The smallest absolute Gasteiger partial charge is 0.242 e. The van der Waals surface area contributed by atoms with Crippen molar-refractivity contribution in [2.45, 2.75) is 31.3 Å². The molecule has 1 heterocycles. The largest absolute Gasteiger partial charge is 0.340 e. The Bertz CT molecular complexity index is 723. The fourth-order valence-corrected chi connectivity index (χ4v) is 2.82. The summed E-state index contributed by atoms with van der Waals surface area (Å²) in [7, 11) is -0.363. The van der Waals surface area contributed by atoms with Gasteiger partial charge in [-0.15, -0.1) is 0 Å². The van der Waals surface area contributed by atoms with Gasteiger partial charge in [-0.05, 0) is 24.6 Å². The molecule has 0 saturated heterocycles. The molecule has 0 aliphatic carbocycles. The second-order valence-electron chi connectivity index (χ2n) is 5.19. The molecule has 2 rings (SSSR count). The molecule has 0 fully saturated rings. The van der Waals surface area contributed by atoms with Crippen molar-refractivity contribution in [3.63, 3.8) is 0 Å². The summed E-state index contributed by atoms with van der Waals surface area (Å²) >= 11 is 0. The van der Waals surface area contributed by atoms with Gasteiger partial charge in [-0.2, -0.15) is 4.98 Å². The van der Waals surface area contributed by atoms with Crippen molar-refractivity contribution in [2.24, 2.45) is 0 Å². The molecule has 0 unspecified atom stereocenters. The first-order valence-electron chi connectivity index (χ1n) is 6.86. The zero-order chi connectivity index (χ0) is 16.3. The maximum Gasteiger partial charge on any atom is 0.242 e. The van der Waals surface area contributed by atoms with Crippen LogP contribution in [-0.4, -0.2) is 37.0 Å². The van der Waals surface area contributed by atoms with Gasteiger partial charge < -0.3 is 9.84 Å². The molecule has 120 valence electrons. The molecule has 0 saturated carbocycles. The van der Waals surface area contributed by atoms with Crippen LogP contribution in [0, 0.1) is 6.92 Å². The average Bonchev–Trinajstić information content (AvgIpc) is 2.90. The van der Waals surface area contributed by atoms with Gasteiger partial charge in [0.25, 0.3) is 0 Å². The van der Waals surface area contributed by atoms with E-state index < -0.39 is 10.0 Å². The SMILES string of the molecule is Cc1nc(CN[C@H](C)c2ccc(S(=O)(=O)N(C)C)cc2)no1. The van der Waals surface area contributed by atoms with Gasteiger partial charge in [-0.1, -0.05) is 17.3 Å². The van der Waals surface area contributed by atoms with Crippen LogP contribution in [0.4, 0.5) is 0 Å². The quantitative estimate of drug-likeness (QED) is 0.866. The van der Waals surface area contributed by atoms with E-state index in [9.17, 15) is 8.42 Å². The van der Waals surface area contributed by atoms with E-state index in [2.05, 4.69) is 15.5 Å². The first-order valence-corrected chi connectivity index (χ1v) is 8.30. The summed E-state index contributed by atoms with van der Waals surface area (Å²) in [5.41, 5.74) is 0.984. The fraction of sp³-hybridized carbons (Fsp3) is 0.429. The molecule has 7 nitrogen and oxygen atoms in total. The van der Waals surface area contributed by atoms with Crippen molar-refractivity contribution in [3.8, 4) is 0 Å². The Hall–Kier alpha value is -1.77. The highest BCUT2D eigenvalue weighted by Crippen LogP contribution is 2.18. The first kappa shape index (κ1) is 16.6. The van der Waals surface area contributed by atoms with Gasteiger partial charge in [0.1, 0.15) is 0 Å². The molecular weight excluding hydrogens is 304 g/mol. The van der Waals surface area contributed by atoms with Crippen LogP contribution in [0.25, 0.3) is 0 Å². The van der Waals surface area contributed by atoms with Crippen molar-refractivity contribution in [1.29, 1.82) is 0 Å². The summed E-state index contributed by atoms with van der Waals surface area (Å²) in [5.74, 6) is 1.12. The standard InChI is InChI=1S/C14H20N4O3S/c1-10(15-9-14-16-11(2)21-17-14)12-5-7-13(8-6-12)22(19,20)18(3)4/h5-8,10,15H,9H2,1-4H3/t10-/m1/s1. The third-order valence-corrected chi connectivity index (χ3v) is 5.12. The number of benzene rings is 1. The van der Waals surface area contributed by atoms with Gasteiger partial charge in [-0.25, -0.2) is 12.7 Å². The van der Waals surface area contributed by atoms with Gasteiger partial charge in [-0.3, -0.25) is 0 Å². The normalized spacial score (nSPS) is 13.5. The highest BCUT2D eigenvalue weighted by molar-refractivity contribution is 7.89. The third kappa shape index (κ3) is 3.70. The number of hydrogen-bond donors (Lipinski definition) is 1. The Morgan fingerprint density at radius 3 is 2.41 bits per heavy atom. The molecule has 22 heavy (non-hydrogen) atoms. The van der Waals surface area contributed by atoms with Crippen LogP contribution in [0.2, 0.25) is 0 Å². The van der Waals surface area contributed by atoms with Crippen LogP contribution in [0.5, 0.6) is 0 Å². The number of hydrogen-bond acceptors (Lipinski definition) is 6. The van der Waals surface area contributed by atoms with Crippen LogP contribution >= 0.6 is 0 Å². The van der Waals surface area contributed by atoms with Crippen LogP contribution < -0.4 is 5.32 Å². The van der Waals surface area contributed by atoms with Crippen LogP contribution in [-0.2, 0) is 16.6 Å². The number of aryl methyl sites for hydroxylation is 1. The Kier molecular flexibility index (Phi) is 4.94. The summed E-state index contributed by atoms with van der Waals surface area (Å²) in [6.07, 6.45) is 0. The maximum atomic E-state index is 12.0. The molecule has 0 aliphatic heterocycles. The predicted octanol–water partition coefficient (Wildman–Crippen LogP) is 1.48.